The van der Waals surface area contributed by atoms with E-state index in [1.54, 1.807) is 18.2 Å². The number of unbranched alkanes of at least 4 members (excludes halogenated alkanes) is 1. The average Bonchev–Trinajstić information content (AvgIpc) is 2.94. The number of anilines is 1. The number of halogens is 3. The van der Waals surface area contributed by atoms with Gasteiger partial charge in [-0.1, -0.05) is 84.5 Å². The molecule has 0 radical (unpaired) electrons. The number of ether oxygens (including phenoxy) is 1. The van der Waals surface area contributed by atoms with Crippen LogP contribution in [0.4, 0.5) is 5.69 Å². The lowest BCUT2D eigenvalue weighted by Gasteiger charge is -2.33. The van der Waals surface area contributed by atoms with E-state index in [9.17, 15) is 18.0 Å². The zero-order chi connectivity index (χ0) is 30.9. The van der Waals surface area contributed by atoms with Crippen molar-refractivity contribution < 1.29 is 22.7 Å². The number of sulfonamides is 1. The number of nitrogens with one attached hydrogen (secondary N) is 1. The number of rotatable bonds is 14. The summed E-state index contributed by atoms with van der Waals surface area (Å²) in [7, 11) is -2.51. The third-order valence-corrected chi connectivity index (χ3v) is 8.58. The first-order valence-corrected chi connectivity index (χ1v) is 16.3. The fourth-order valence-electron chi connectivity index (χ4n) is 4.32. The van der Waals surface area contributed by atoms with E-state index in [4.69, 9.17) is 39.5 Å². The molecule has 0 fully saturated rings. The smallest absolute Gasteiger partial charge is 0.244 e. The molecule has 8 nitrogen and oxygen atoms in total. The van der Waals surface area contributed by atoms with Gasteiger partial charge in [-0.3, -0.25) is 13.9 Å². The lowest BCUT2D eigenvalue weighted by atomic mass is 10.0. The molecule has 0 unspecified atom stereocenters. The van der Waals surface area contributed by atoms with E-state index in [1.807, 2.05) is 37.3 Å². The van der Waals surface area contributed by atoms with Crippen LogP contribution in [0.5, 0.6) is 5.75 Å². The first kappa shape index (κ1) is 33.5. The van der Waals surface area contributed by atoms with Gasteiger partial charge in [0.1, 0.15) is 18.3 Å². The summed E-state index contributed by atoms with van der Waals surface area (Å²) in [6, 6.07) is 17.6. The second kappa shape index (κ2) is 15.5. The lowest BCUT2D eigenvalue weighted by molar-refractivity contribution is -0.140. The van der Waals surface area contributed by atoms with Gasteiger partial charge >= 0.3 is 0 Å². The normalized spacial score (nSPS) is 12.0. The van der Waals surface area contributed by atoms with Crippen LogP contribution in [0, 0.1) is 0 Å². The molecule has 0 heterocycles. The minimum Gasteiger partial charge on any atom is -0.495 e. The molecule has 0 aliphatic heterocycles. The fraction of sp³-hybridized carbons (Fsp3) is 0.333. The molecule has 2 amide bonds. The van der Waals surface area contributed by atoms with Crippen LogP contribution in [-0.2, 0) is 32.6 Å². The Bertz CT molecular complexity index is 1490. The quantitative estimate of drug-likeness (QED) is 0.216. The van der Waals surface area contributed by atoms with Gasteiger partial charge in [0.25, 0.3) is 0 Å². The number of carbonyl (C=O) groups is 2. The molecular formula is C30H34Cl3N3O5S. The summed E-state index contributed by atoms with van der Waals surface area (Å²) >= 11 is 18.9. The highest BCUT2D eigenvalue weighted by Gasteiger charge is 2.33. The third-order valence-electron chi connectivity index (χ3n) is 6.56. The Hall–Kier alpha value is -2.98. The van der Waals surface area contributed by atoms with Crippen molar-refractivity contribution in [1.82, 2.24) is 10.2 Å². The van der Waals surface area contributed by atoms with Crippen molar-refractivity contribution >= 4 is 62.3 Å². The summed E-state index contributed by atoms with van der Waals surface area (Å²) in [5.41, 5.74) is 1.55. The molecule has 0 aromatic heterocycles. The largest absolute Gasteiger partial charge is 0.495 e. The van der Waals surface area contributed by atoms with Crippen LogP contribution in [-0.4, -0.2) is 57.6 Å². The van der Waals surface area contributed by atoms with Crippen LogP contribution in [0.15, 0.2) is 66.7 Å². The van der Waals surface area contributed by atoms with E-state index in [2.05, 4.69) is 5.32 Å². The fourth-order valence-corrected chi connectivity index (χ4v) is 5.88. The van der Waals surface area contributed by atoms with Crippen molar-refractivity contribution in [1.29, 1.82) is 0 Å². The topological polar surface area (TPSA) is 96.0 Å². The standard InChI is InChI=1S/C30H34Cl3N3O5S/c1-4-5-15-34-30(38)27(16-21-9-7-6-8-10-21)35(19-22-11-12-23(31)17-25(22)32)29(37)20-36(42(3,39)40)24-13-14-28(41-2)26(33)18-24/h6-14,17-18,27H,4-5,15-16,19-20H2,1-3H3,(H,34,38)/t27-/m0/s1. The maximum atomic E-state index is 14.1. The summed E-state index contributed by atoms with van der Waals surface area (Å²) in [6.45, 7) is 1.80. The van der Waals surface area contributed by atoms with Crippen molar-refractivity contribution in [3.05, 3.63) is 92.9 Å². The van der Waals surface area contributed by atoms with Crippen LogP contribution in [0.1, 0.15) is 30.9 Å². The zero-order valence-electron chi connectivity index (χ0n) is 23.6. The summed E-state index contributed by atoms with van der Waals surface area (Å²) < 4.78 is 32.0. The molecule has 0 spiro atoms. The molecule has 1 N–H and O–H groups in total. The van der Waals surface area contributed by atoms with Gasteiger partial charge in [-0.15, -0.1) is 0 Å². The van der Waals surface area contributed by atoms with Crippen LogP contribution in [0.2, 0.25) is 15.1 Å². The molecule has 226 valence electrons. The van der Waals surface area contributed by atoms with Gasteiger partial charge in [-0.05, 0) is 47.9 Å². The van der Waals surface area contributed by atoms with Gasteiger partial charge in [-0.25, -0.2) is 8.42 Å². The maximum absolute atomic E-state index is 14.1. The highest BCUT2D eigenvalue weighted by Crippen LogP contribution is 2.31. The van der Waals surface area contributed by atoms with E-state index in [1.165, 1.54) is 30.2 Å². The predicted octanol–water partition coefficient (Wildman–Crippen LogP) is 5.98. The number of carbonyl (C=O) groups excluding carboxylic acids is 2. The first-order chi connectivity index (χ1) is 19.9. The Balaban J connectivity index is 2.07. The molecule has 0 aliphatic carbocycles. The number of methoxy groups -OCH3 is 1. The maximum Gasteiger partial charge on any atom is 0.244 e. The minimum absolute atomic E-state index is 0.0610. The van der Waals surface area contributed by atoms with Crippen LogP contribution >= 0.6 is 34.8 Å². The minimum atomic E-state index is -3.95. The Kier molecular flexibility index (Phi) is 12.4. The molecule has 0 saturated carbocycles. The second-order valence-corrected chi connectivity index (χ2v) is 12.9. The summed E-state index contributed by atoms with van der Waals surface area (Å²) in [5.74, 6) is -0.611. The van der Waals surface area contributed by atoms with E-state index in [-0.39, 0.29) is 29.6 Å². The summed E-state index contributed by atoms with van der Waals surface area (Å²) in [4.78, 5) is 29.2. The van der Waals surface area contributed by atoms with Crippen molar-refractivity contribution in [2.45, 2.75) is 38.8 Å². The molecule has 3 rings (SSSR count). The summed E-state index contributed by atoms with van der Waals surface area (Å²) in [5, 5.41) is 3.84. The summed E-state index contributed by atoms with van der Waals surface area (Å²) in [6.07, 6.45) is 2.84. The predicted molar refractivity (Wildman–Crippen MR) is 169 cm³/mol. The Morgan fingerprint density at radius 3 is 2.29 bits per heavy atom. The third kappa shape index (κ3) is 9.26. The monoisotopic (exact) mass is 653 g/mol. The van der Waals surface area contributed by atoms with E-state index in [0.29, 0.717) is 27.9 Å². The van der Waals surface area contributed by atoms with E-state index < -0.39 is 28.5 Å². The number of amides is 2. The molecule has 1 atom stereocenters. The SMILES string of the molecule is CCCCNC(=O)[C@H](Cc1ccccc1)N(Cc1ccc(Cl)cc1Cl)C(=O)CN(c1ccc(OC)c(Cl)c1)S(C)(=O)=O. The number of hydrogen-bond acceptors (Lipinski definition) is 5. The number of nitrogens with zero attached hydrogens (tertiary/aromatic N) is 2. The van der Waals surface area contributed by atoms with Crippen molar-refractivity contribution in [2.75, 3.05) is 30.8 Å². The van der Waals surface area contributed by atoms with Crippen molar-refractivity contribution in [3.8, 4) is 5.75 Å². The average molecular weight is 655 g/mol. The van der Waals surface area contributed by atoms with Crippen LogP contribution < -0.4 is 14.4 Å². The lowest BCUT2D eigenvalue weighted by Crippen LogP contribution is -2.53. The molecule has 0 saturated heterocycles. The molecule has 0 bridgehead atoms. The molecule has 12 heteroatoms. The van der Waals surface area contributed by atoms with E-state index >= 15 is 0 Å². The first-order valence-electron chi connectivity index (χ1n) is 13.3. The Morgan fingerprint density at radius 2 is 1.69 bits per heavy atom. The number of benzene rings is 3. The Labute approximate surface area is 262 Å². The van der Waals surface area contributed by atoms with Crippen molar-refractivity contribution in [2.24, 2.45) is 0 Å². The van der Waals surface area contributed by atoms with Crippen LogP contribution in [0.3, 0.4) is 0 Å². The van der Waals surface area contributed by atoms with Crippen molar-refractivity contribution in [3.63, 3.8) is 0 Å². The van der Waals surface area contributed by atoms with Gasteiger partial charge in [0.05, 0.1) is 24.1 Å². The van der Waals surface area contributed by atoms with Gasteiger partial charge in [0.2, 0.25) is 21.8 Å². The molecule has 42 heavy (non-hydrogen) atoms. The van der Waals surface area contributed by atoms with Crippen LogP contribution in [0.25, 0.3) is 0 Å². The van der Waals surface area contributed by atoms with Gasteiger partial charge in [0.15, 0.2) is 0 Å². The molecule has 3 aromatic rings. The second-order valence-electron chi connectivity index (χ2n) is 9.70. The molecular weight excluding hydrogens is 621 g/mol. The number of hydrogen-bond donors (Lipinski definition) is 1. The van der Waals surface area contributed by atoms with Gasteiger partial charge in [0, 0.05) is 29.6 Å². The molecule has 0 aliphatic rings. The van der Waals surface area contributed by atoms with Gasteiger partial charge < -0.3 is 15.0 Å². The molecule has 3 aromatic carbocycles. The highest BCUT2D eigenvalue weighted by molar-refractivity contribution is 7.92. The Morgan fingerprint density at radius 1 is 0.976 bits per heavy atom. The van der Waals surface area contributed by atoms with E-state index in [0.717, 1.165) is 29.0 Å². The zero-order valence-corrected chi connectivity index (χ0v) is 26.7. The van der Waals surface area contributed by atoms with Gasteiger partial charge in [-0.2, -0.15) is 0 Å². The highest BCUT2D eigenvalue weighted by atomic mass is 35.5.